The molecule has 0 aromatic heterocycles. The first kappa shape index (κ1) is 18.5. The number of ether oxygens (including phenoxy) is 1. The standard InChI is InChI=1S/C19H15F3N2O3/c1-2-17(25)24-11-15(14-8-3-4-9-16(14)24)18(26)23-12-6-5-7-13(10-12)27-19(20,21)22/h2-10,15H,1,11H2,(H,23,26)/t15-/m1/s1. The summed E-state index contributed by atoms with van der Waals surface area (Å²) in [6.07, 6.45) is -3.66. The summed E-state index contributed by atoms with van der Waals surface area (Å²) in [6.45, 7) is 3.58. The molecule has 1 heterocycles. The number of carbonyl (C=O) groups is 2. The summed E-state index contributed by atoms with van der Waals surface area (Å²) in [5, 5.41) is 2.58. The van der Waals surface area contributed by atoms with E-state index in [1.807, 2.05) is 0 Å². The molecule has 0 unspecified atom stereocenters. The molecular formula is C19H15F3N2O3. The fourth-order valence-corrected chi connectivity index (χ4v) is 2.95. The minimum absolute atomic E-state index is 0.120. The quantitative estimate of drug-likeness (QED) is 0.825. The van der Waals surface area contributed by atoms with Gasteiger partial charge in [-0.15, -0.1) is 13.2 Å². The molecule has 0 spiro atoms. The molecular weight excluding hydrogens is 361 g/mol. The van der Waals surface area contributed by atoms with Crippen LogP contribution < -0.4 is 15.0 Å². The van der Waals surface area contributed by atoms with Gasteiger partial charge < -0.3 is 15.0 Å². The summed E-state index contributed by atoms with van der Waals surface area (Å²) in [5.74, 6) is -1.86. The maximum absolute atomic E-state index is 12.7. The molecule has 2 amide bonds. The minimum Gasteiger partial charge on any atom is -0.406 e. The SMILES string of the molecule is C=CC(=O)N1C[C@@H](C(=O)Nc2cccc(OC(F)(F)F)c2)c2ccccc21. The number of fused-ring (bicyclic) bond motifs is 1. The number of benzene rings is 2. The van der Waals surface area contributed by atoms with E-state index in [4.69, 9.17) is 0 Å². The van der Waals surface area contributed by atoms with Crippen molar-refractivity contribution in [3.05, 3.63) is 66.7 Å². The topological polar surface area (TPSA) is 58.6 Å². The molecule has 0 saturated heterocycles. The number of anilines is 2. The van der Waals surface area contributed by atoms with Gasteiger partial charge in [-0.25, -0.2) is 0 Å². The van der Waals surface area contributed by atoms with Gasteiger partial charge in [0.05, 0.1) is 5.92 Å². The second kappa shape index (κ2) is 7.14. The van der Waals surface area contributed by atoms with Gasteiger partial charge in [-0.2, -0.15) is 0 Å². The molecule has 1 N–H and O–H groups in total. The lowest BCUT2D eigenvalue weighted by molar-refractivity contribution is -0.274. The van der Waals surface area contributed by atoms with Crippen LogP contribution in [0.15, 0.2) is 61.2 Å². The average Bonchev–Trinajstić information content (AvgIpc) is 3.00. The molecule has 140 valence electrons. The first-order chi connectivity index (χ1) is 12.8. The van der Waals surface area contributed by atoms with Crippen LogP contribution in [0.5, 0.6) is 5.75 Å². The van der Waals surface area contributed by atoms with Crippen molar-refractivity contribution in [2.24, 2.45) is 0 Å². The molecule has 1 atom stereocenters. The van der Waals surface area contributed by atoms with E-state index in [1.54, 1.807) is 24.3 Å². The monoisotopic (exact) mass is 376 g/mol. The number of hydrogen-bond acceptors (Lipinski definition) is 3. The van der Waals surface area contributed by atoms with Gasteiger partial charge in [-0.1, -0.05) is 30.8 Å². The summed E-state index contributed by atoms with van der Waals surface area (Å²) < 4.78 is 40.9. The zero-order valence-corrected chi connectivity index (χ0v) is 14.0. The van der Waals surface area contributed by atoms with E-state index in [2.05, 4.69) is 16.6 Å². The van der Waals surface area contributed by atoms with Crippen LogP contribution in [0.25, 0.3) is 0 Å². The second-order valence-electron chi connectivity index (χ2n) is 5.83. The molecule has 2 aromatic rings. The van der Waals surface area contributed by atoms with Crippen LogP contribution in [-0.4, -0.2) is 24.7 Å². The first-order valence-electron chi connectivity index (χ1n) is 7.98. The Bertz CT molecular complexity index is 896. The molecule has 5 nitrogen and oxygen atoms in total. The number of carbonyl (C=O) groups excluding carboxylic acids is 2. The highest BCUT2D eigenvalue weighted by Gasteiger charge is 2.36. The Balaban J connectivity index is 1.80. The third-order valence-corrected chi connectivity index (χ3v) is 4.06. The summed E-state index contributed by atoms with van der Waals surface area (Å²) in [5.41, 5.74) is 1.43. The van der Waals surface area contributed by atoms with Crippen molar-refractivity contribution < 1.29 is 27.5 Å². The molecule has 0 radical (unpaired) electrons. The molecule has 0 fully saturated rings. The first-order valence-corrected chi connectivity index (χ1v) is 7.98. The molecule has 0 bridgehead atoms. The van der Waals surface area contributed by atoms with E-state index < -0.39 is 23.9 Å². The van der Waals surface area contributed by atoms with Crippen LogP contribution in [0.4, 0.5) is 24.5 Å². The number of hydrogen-bond donors (Lipinski definition) is 1. The van der Waals surface area contributed by atoms with Crippen molar-refractivity contribution in [3.63, 3.8) is 0 Å². The smallest absolute Gasteiger partial charge is 0.406 e. The summed E-state index contributed by atoms with van der Waals surface area (Å²) >= 11 is 0. The van der Waals surface area contributed by atoms with Crippen molar-refractivity contribution >= 4 is 23.2 Å². The molecule has 3 rings (SSSR count). The Kier molecular flexibility index (Phi) is 4.89. The Hall–Kier alpha value is -3.29. The van der Waals surface area contributed by atoms with E-state index in [0.29, 0.717) is 11.3 Å². The minimum atomic E-state index is -4.82. The third-order valence-electron chi connectivity index (χ3n) is 4.06. The van der Waals surface area contributed by atoms with Crippen molar-refractivity contribution in [1.29, 1.82) is 0 Å². The van der Waals surface area contributed by atoms with Crippen LogP contribution in [0.1, 0.15) is 11.5 Å². The van der Waals surface area contributed by atoms with Gasteiger partial charge in [0, 0.05) is 24.0 Å². The van der Waals surface area contributed by atoms with Crippen LogP contribution in [-0.2, 0) is 9.59 Å². The Labute approximate surface area is 153 Å². The Morgan fingerprint density at radius 2 is 1.93 bits per heavy atom. The van der Waals surface area contributed by atoms with Crippen LogP contribution in [0.2, 0.25) is 0 Å². The van der Waals surface area contributed by atoms with E-state index in [9.17, 15) is 22.8 Å². The van der Waals surface area contributed by atoms with E-state index in [-0.39, 0.29) is 18.1 Å². The summed E-state index contributed by atoms with van der Waals surface area (Å²) in [7, 11) is 0. The molecule has 0 saturated carbocycles. The predicted octanol–water partition coefficient (Wildman–Crippen LogP) is 3.84. The Morgan fingerprint density at radius 3 is 2.63 bits per heavy atom. The van der Waals surface area contributed by atoms with Crippen molar-refractivity contribution in [3.8, 4) is 5.75 Å². The lowest BCUT2D eigenvalue weighted by Crippen LogP contribution is -2.31. The zero-order chi connectivity index (χ0) is 19.6. The second-order valence-corrected chi connectivity index (χ2v) is 5.83. The van der Waals surface area contributed by atoms with Crippen molar-refractivity contribution in [2.75, 3.05) is 16.8 Å². The van der Waals surface area contributed by atoms with E-state index >= 15 is 0 Å². The number of para-hydroxylation sites is 1. The van der Waals surface area contributed by atoms with Crippen molar-refractivity contribution in [1.82, 2.24) is 0 Å². The third kappa shape index (κ3) is 4.11. The van der Waals surface area contributed by atoms with Crippen molar-refractivity contribution in [2.45, 2.75) is 12.3 Å². The number of nitrogens with zero attached hydrogens (tertiary/aromatic N) is 1. The highest BCUT2D eigenvalue weighted by atomic mass is 19.4. The highest BCUT2D eigenvalue weighted by molar-refractivity contribution is 6.07. The molecule has 1 aliphatic rings. The fourth-order valence-electron chi connectivity index (χ4n) is 2.95. The van der Waals surface area contributed by atoms with Gasteiger partial charge in [0.15, 0.2) is 0 Å². The predicted molar refractivity (Wildman–Crippen MR) is 93.5 cm³/mol. The van der Waals surface area contributed by atoms with Crippen LogP contribution >= 0.6 is 0 Å². The lowest BCUT2D eigenvalue weighted by atomic mass is 10.0. The largest absolute Gasteiger partial charge is 0.573 e. The normalized spacial score (nSPS) is 15.8. The highest BCUT2D eigenvalue weighted by Crippen LogP contribution is 2.37. The van der Waals surface area contributed by atoms with Crippen LogP contribution in [0, 0.1) is 0 Å². The number of nitrogens with one attached hydrogen (secondary N) is 1. The molecule has 0 aliphatic carbocycles. The van der Waals surface area contributed by atoms with Gasteiger partial charge in [0.2, 0.25) is 11.8 Å². The summed E-state index contributed by atoms with van der Waals surface area (Å²) in [4.78, 5) is 26.2. The molecule has 2 aromatic carbocycles. The maximum Gasteiger partial charge on any atom is 0.573 e. The summed E-state index contributed by atoms with van der Waals surface area (Å²) in [6, 6.07) is 12.0. The number of rotatable bonds is 4. The maximum atomic E-state index is 12.7. The van der Waals surface area contributed by atoms with Crippen LogP contribution in [0.3, 0.4) is 0 Å². The molecule has 8 heteroatoms. The number of halogens is 3. The zero-order valence-electron chi connectivity index (χ0n) is 14.0. The average molecular weight is 376 g/mol. The van der Waals surface area contributed by atoms with Gasteiger partial charge >= 0.3 is 6.36 Å². The van der Waals surface area contributed by atoms with Gasteiger partial charge in [-0.3, -0.25) is 9.59 Å². The van der Waals surface area contributed by atoms with Gasteiger partial charge in [0.25, 0.3) is 0 Å². The Morgan fingerprint density at radius 1 is 1.19 bits per heavy atom. The van der Waals surface area contributed by atoms with Gasteiger partial charge in [-0.05, 0) is 29.8 Å². The fraction of sp³-hybridized carbons (Fsp3) is 0.158. The number of amides is 2. The van der Waals surface area contributed by atoms with E-state index in [1.165, 1.54) is 17.0 Å². The molecule has 27 heavy (non-hydrogen) atoms. The van der Waals surface area contributed by atoms with Gasteiger partial charge in [0.1, 0.15) is 5.75 Å². The van der Waals surface area contributed by atoms with E-state index in [0.717, 1.165) is 18.2 Å². The number of alkyl halides is 3. The molecule has 1 aliphatic heterocycles. The lowest BCUT2D eigenvalue weighted by Gasteiger charge is -2.16.